The van der Waals surface area contributed by atoms with E-state index in [-0.39, 0.29) is 5.92 Å². The fourth-order valence-corrected chi connectivity index (χ4v) is 5.60. The first-order valence-corrected chi connectivity index (χ1v) is 9.64. The third-order valence-electron chi connectivity index (χ3n) is 6.84. The Balaban J connectivity index is 1.56. The van der Waals surface area contributed by atoms with Gasteiger partial charge in [-0.05, 0) is 86.0 Å². The minimum absolute atomic E-state index is 0.0845. The van der Waals surface area contributed by atoms with Crippen LogP contribution in [0.4, 0.5) is 8.78 Å². The summed E-state index contributed by atoms with van der Waals surface area (Å²) >= 11 is 0. The summed E-state index contributed by atoms with van der Waals surface area (Å²) < 4.78 is 40.2. The van der Waals surface area contributed by atoms with Crippen molar-refractivity contribution in [1.82, 2.24) is 0 Å². The highest BCUT2D eigenvalue weighted by molar-refractivity contribution is 5.61. The van der Waals surface area contributed by atoms with Crippen LogP contribution in [0, 0.1) is 30.1 Å². The Labute approximate surface area is 154 Å². The molecule has 2 aliphatic carbocycles. The average Bonchev–Trinajstić information content (AvgIpc) is 2.52. The summed E-state index contributed by atoms with van der Waals surface area (Å²) in [7, 11) is 1.60. The number of benzene rings is 1. The van der Waals surface area contributed by atoms with Gasteiger partial charge in [-0.25, -0.2) is 0 Å². The van der Waals surface area contributed by atoms with Gasteiger partial charge in [0.2, 0.25) is 0 Å². The first-order valence-electron chi connectivity index (χ1n) is 9.64. The number of methoxy groups -OCH3 is 1. The monoisotopic (exact) mass is 362 g/mol. The van der Waals surface area contributed by atoms with E-state index in [0.29, 0.717) is 17.6 Å². The third kappa shape index (κ3) is 2.82. The maximum atomic E-state index is 14.8. The summed E-state index contributed by atoms with van der Waals surface area (Å²) in [5.74, 6) is 1.25. The van der Waals surface area contributed by atoms with Gasteiger partial charge in [-0.15, -0.1) is 0 Å². The van der Waals surface area contributed by atoms with Crippen LogP contribution in [0.5, 0.6) is 5.75 Å². The first kappa shape index (κ1) is 17.8. The molecular weight excluding hydrogens is 334 g/mol. The molecule has 2 nitrogen and oxygen atoms in total. The Morgan fingerprint density at radius 2 is 1.92 bits per heavy atom. The van der Waals surface area contributed by atoms with Crippen LogP contribution in [0.15, 0.2) is 17.9 Å². The molecule has 0 amide bonds. The molecule has 3 aliphatic rings. The van der Waals surface area contributed by atoms with Crippen LogP contribution in [-0.4, -0.2) is 13.2 Å². The van der Waals surface area contributed by atoms with Crippen LogP contribution >= 0.6 is 0 Å². The minimum Gasteiger partial charge on any atom is -0.501 e. The van der Waals surface area contributed by atoms with Gasteiger partial charge < -0.3 is 9.47 Å². The van der Waals surface area contributed by atoms with Crippen molar-refractivity contribution in [1.29, 1.82) is 0 Å². The van der Waals surface area contributed by atoms with Crippen LogP contribution < -0.4 is 4.74 Å². The van der Waals surface area contributed by atoms with Gasteiger partial charge in [0.25, 0.3) is 0 Å². The number of allylic oxidation sites excluding steroid dienone is 1. The quantitative estimate of drug-likeness (QED) is 0.617. The highest BCUT2D eigenvalue weighted by Crippen LogP contribution is 2.64. The molecule has 1 heterocycles. The topological polar surface area (TPSA) is 18.5 Å². The Morgan fingerprint density at radius 3 is 2.54 bits per heavy atom. The summed E-state index contributed by atoms with van der Waals surface area (Å²) in [6, 6.07) is 3.93. The zero-order valence-electron chi connectivity index (χ0n) is 16.1. The molecule has 26 heavy (non-hydrogen) atoms. The SMILES string of the molecule is COC(C)=Cc1ccc2c(c1C)OC(F)(F)C(C1CC3(CC(C)C3)C1)C2. The molecule has 142 valence electrons. The van der Waals surface area contributed by atoms with Crippen LogP contribution in [0.1, 0.15) is 56.2 Å². The maximum absolute atomic E-state index is 14.8. The number of hydrogen-bond donors (Lipinski definition) is 0. The summed E-state index contributed by atoms with van der Waals surface area (Å²) in [5, 5.41) is 0. The number of halogens is 2. The molecule has 1 spiro atoms. The number of hydrogen-bond acceptors (Lipinski definition) is 2. The lowest BCUT2D eigenvalue weighted by atomic mass is 9.46. The fourth-order valence-electron chi connectivity index (χ4n) is 5.60. The summed E-state index contributed by atoms with van der Waals surface area (Å²) in [6.45, 7) is 5.95. The Morgan fingerprint density at radius 1 is 1.23 bits per heavy atom. The Bertz CT molecular complexity index is 739. The van der Waals surface area contributed by atoms with E-state index in [4.69, 9.17) is 9.47 Å². The molecule has 1 aromatic rings. The summed E-state index contributed by atoms with van der Waals surface area (Å²) in [5.41, 5.74) is 2.91. The second-order valence-corrected chi connectivity index (χ2v) is 8.88. The standard InChI is InChI=1S/C22H28F2O2/c1-13-9-21(10-13)11-18(12-21)19-8-17-6-5-16(7-14(2)25-4)15(3)20(17)26-22(19,23)24/h5-7,13,18-19H,8-12H2,1-4H3. The van der Waals surface area contributed by atoms with Gasteiger partial charge in [-0.1, -0.05) is 19.1 Å². The molecule has 1 aliphatic heterocycles. The lowest BCUT2D eigenvalue weighted by molar-refractivity contribution is -0.255. The normalized spacial score (nSPS) is 35.2. The number of alkyl halides is 2. The molecule has 1 atom stereocenters. The van der Waals surface area contributed by atoms with Crippen molar-refractivity contribution in [3.05, 3.63) is 34.6 Å². The van der Waals surface area contributed by atoms with Crippen molar-refractivity contribution in [3.63, 3.8) is 0 Å². The van der Waals surface area contributed by atoms with Crippen LogP contribution in [0.2, 0.25) is 0 Å². The van der Waals surface area contributed by atoms with E-state index in [1.165, 1.54) is 12.8 Å². The smallest absolute Gasteiger partial charge is 0.401 e. The molecule has 4 rings (SSSR count). The van der Waals surface area contributed by atoms with E-state index < -0.39 is 12.0 Å². The van der Waals surface area contributed by atoms with Crippen LogP contribution in [-0.2, 0) is 11.2 Å². The molecule has 1 unspecified atom stereocenters. The van der Waals surface area contributed by atoms with Gasteiger partial charge in [0.15, 0.2) is 0 Å². The van der Waals surface area contributed by atoms with E-state index in [9.17, 15) is 8.78 Å². The largest absolute Gasteiger partial charge is 0.501 e. The molecule has 2 saturated carbocycles. The molecule has 0 bridgehead atoms. The van der Waals surface area contributed by atoms with Gasteiger partial charge >= 0.3 is 6.11 Å². The second kappa shape index (κ2) is 5.97. The van der Waals surface area contributed by atoms with Gasteiger partial charge in [0.05, 0.1) is 18.8 Å². The number of fused-ring (bicyclic) bond motifs is 1. The average molecular weight is 362 g/mol. The predicted molar refractivity (Wildman–Crippen MR) is 98.2 cm³/mol. The van der Waals surface area contributed by atoms with E-state index in [1.54, 1.807) is 7.11 Å². The highest BCUT2D eigenvalue weighted by atomic mass is 19.3. The summed E-state index contributed by atoms with van der Waals surface area (Å²) in [6.07, 6.45) is 3.51. The van der Waals surface area contributed by atoms with Gasteiger partial charge in [0.1, 0.15) is 5.75 Å². The van der Waals surface area contributed by atoms with Crippen molar-refractivity contribution in [2.24, 2.45) is 23.2 Å². The molecule has 0 saturated heterocycles. The van der Waals surface area contributed by atoms with Crippen molar-refractivity contribution < 1.29 is 18.3 Å². The van der Waals surface area contributed by atoms with Crippen molar-refractivity contribution in [2.45, 2.75) is 59.0 Å². The highest BCUT2D eigenvalue weighted by Gasteiger charge is 2.59. The van der Waals surface area contributed by atoms with E-state index >= 15 is 0 Å². The molecule has 0 N–H and O–H groups in total. The number of rotatable bonds is 3. The zero-order chi connectivity index (χ0) is 18.7. The van der Waals surface area contributed by atoms with E-state index in [0.717, 1.165) is 41.2 Å². The molecule has 2 fully saturated rings. The predicted octanol–water partition coefficient (Wildman–Crippen LogP) is 5.97. The Hall–Kier alpha value is -1.58. The fraction of sp³-hybridized carbons (Fsp3) is 0.636. The molecule has 1 aromatic carbocycles. The maximum Gasteiger partial charge on any atom is 0.401 e. The van der Waals surface area contributed by atoms with Crippen LogP contribution in [0.3, 0.4) is 0 Å². The van der Waals surface area contributed by atoms with E-state index in [2.05, 4.69) is 6.92 Å². The molecular formula is C22H28F2O2. The Kier molecular flexibility index (Phi) is 4.09. The third-order valence-corrected chi connectivity index (χ3v) is 6.84. The minimum atomic E-state index is -3.09. The molecule has 0 radical (unpaired) electrons. The zero-order valence-corrected chi connectivity index (χ0v) is 16.1. The van der Waals surface area contributed by atoms with Crippen molar-refractivity contribution in [2.75, 3.05) is 7.11 Å². The van der Waals surface area contributed by atoms with Crippen molar-refractivity contribution >= 4 is 6.08 Å². The molecule has 4 heteroatoms. The van der Waals surface area contributed by atoms with Crippen LogP contribution in [0.25, 0.3) is 6.08 Å². The summed E-state index contributed by atoms with van der Waals surface area (Å²) in [4.78, 5) is 0. The van der Waals surface area contributed by atoms with Gasteiger partial charge in [-0.2, -0.15) is 8.78 Å². The molecule has 0 aromatic heterocycles. The lowest BCUT2D eigenvalue weighted by Crippen LogP contribution is -2.54. The lowest BCUT2D eigenvalue weighted by Gasteiger charge is -2.59. The first-order chi connectivity index (χ1) is 12.2. The van der Waals surface area contributed by atoms with Crippen molar-refractivity contribution in [3.8, 4) is 5.75 Å². The number of ether oxygens (including phenoxy) is 2. The second-order valence-electron chi connectivity index (χ2n) is 8.88. The van der Waals surface area contributed by atoms with Gasteiger partial charge in [-0.3, -0.25) is 0 Å². The van der Waals surface area contributed by atoms with Gasteiger partial charge in [0, 0.05) is 0 Å². The van der Waals surface area contributed by atoms with E-state index in [1.807, 2.05) is 32.1 Å².